The van der Waals surface area contributed by atoms with Crippen LogP contribution in [0.25, 0.3) is 16.7 Å². The number of aromatic nitrogens is 4. The normalized spacial score (nSPS) is 11.2. The van der Waals surface area contributed by atoms with E-state index >= 15 is 0 Å². The lowest BCUT2D eigenvalue weighted by molar-refractivity contribution is -0.122. The number of nitrogens with zero attached hydrogens (tertiary/aromatic N) is 4. The van der Waals surface area contributed by atoms with E-state index in [1.807, 2.05) is 44.2 Å². The van der Waals surface area contributed by atoms with Gasteiger partial charge in [0.15, 0.2) is 0 Å². The van der Waals surface area contributed by atoms with E-state index in [9.17, 15) is 19.2 Å². The number of benzene rings is 2. The van der Waals surface area contributed by atoms with E-state index < -0.39 is 11.6 Å². The number of carbonyl (C=O) groups excluding carboxylic acids is 2. The molecular weight excluding hydrogens is 448 g/mol. The first-order valence-corrected chi connectivity index (χ1v) is 11.2. The van der Waals surface area contributed by atoms with Gasteiger partial charge in [-0.15, -0.1) is 11.7 Å². The van der Waals surface area contributed by atoms with Crippen molar-refractivity contribution in [3.63, 3.8) is 0 Å². The maximum absolute atomic E-state index is 13.3. The third-order valence-electron chi connectivity index (χ3n) is 5.40. The van der Waals surface area contributed by atoms with Gasteiger partial charge in [-0.1, -0.05) is 36.4 Å². The summed E-state index contributed by atoms with van der Waals surface area (Å²) in [5, 5.41) is 10.1. The van der Waals surface area contributed by atoms with Crippen molar-refractivity contribution in [2.24, 2.45) is 0 Å². The van der Waals surface area contributed by atoms with Crippen LogP contribution in [0.1, 0.15) is 29.8 Å². The zero-order valence-electron chi connectivity index (χ0n) is 19.5. The zero-order valence-corrected chi connectivity index (χ0v) is 19.5. The summed E-state index contributed by atoms with van der Waals surface area (Å²) in [7, 11) is 0. The summed E-state index contributed by atoms with van der Waals surface area (Å²) in [5.41, 5.74) is 0.477. The number of fused-ring (bicyclic) bond motifs is 3. The van der Waals surface area contributed by atoms with E-state index in [0.29, 0.717) is 12.1 Å². The number of amides is 2. The highest BCUT2D eigenvalue weighted by molar-refractivity contribution is 5.98. The monoisotopic (exact) mass is 474 g/mol. The number of rotatable bonds is 8. The lowest BCUT2D eigenvalue weighted by Gasteiger charge is -2.11. The first-order chi connectivity index (χ1) is 16.8. The molecule has 2 amide bonds. The van der Waals surface area contributed by atoms with Gasteiger partial charge < -0.3 is 10.6 Å². The molecule has 180 valence electrons. The molecule has 0 radical (unpaired) electrons. The van der Waals surface area contributed by atoms with Crippen LogP contribution in [0.15, 0.2) is 70.8 Å². The Balaban J connectivity index is 1.78. The fraction of sp³-hybridized carbons (Fsp3) is 0.240. The van der Waals surface area contributed by atoms with Gasteiger partial charge >= 0.3 is 5.69 Å². The summed E-state index contributed by atoms with van der Waals surface area (Å²) >= 11 is 0. The highest BCUT2D eigenvalue weighted by atomic mass is 16.2. The zero-order chi connectivity index (χ0) is 25.1. The van der Waals surface area contributed by atoms with Crippen LogP contribution in [0.3, 0.4) is 0 Å². The van der Waals surface area contributed by atoms with Crippen molar-refractivity contribution in [1.82, 2.24) is 29.4 Å². The van der Waals surface area contributed by atoms with Gasteiger partial charge in [-0.2, -0.15) is 0 Å². The van der Waals surface area contributed by atoms with Crippen LogP contribution in [0, 0.1) is 0 Å². The smallest absolute Gasteiger partial charge is 0.350 e. The van der Waals surface area contributed by atoms with E-state index in [-0.39, 0.29) is 47.3 Å². The topological polar surface area (TPSA) is 120 Å². The average Bonchev–Trinajstić information content (AvgIpc) is 3.16. The number of carbonyl (C=O) groups is 2. The first kappa shape index (κ1) is 23.7. The minimum Gasteiger partial charge on any atom is -0.350 e. The second kappa shape index (κ2) is 9.80. The van der Waals surface area contributed by atoms with E-state index in [1.54, 1.807) is 0 Å². The molecule has 2 N–H and O–H groups in total. The van der Waals surface area contributed by atoms with E-state index in [2.05, 4.69) is 22.3 Å². The summed E-state index contributed by atoms with van der Waals surface area (Å²) in [6.07, 6.45) is 1.52. The molecule has 0 bridgehead atoms. The standard InChI is InChI=1S/C25H26N6O4/c1-4-12-29-23(34)19-11-10-18(22(33)27-16(2)3)13-20(19)31-24(29)28-30(25(31)35)15-21(32)26-14-17-8-6-5-7-9-17/h4-11,13,16H,1,12,14-15H2,2-3H3,(H,26,32)(H,27,33). The number of hydrogen-bond acceptors (Lipinski definition) is 5. The van der Waals surface area contributed by atoms with Crippen LogP contribution >= 0.6 is 0 Å². The number of hydrogen-bond donors (Lipinski definition) is 2. The van der Waals surface area contributed by atoms with Crippen LogP contribution in [0.2, 0.25) is 0 Å². The van der Waals surface area contributed by atoms with E-state index in [4.69, 9.17) is 0 Å². The second-order valence-corrected chi connectivity index (χ2v) is 8.40. The lowest BCUT2D eigenvalue weighted by Crippen LogP contribution is -2.33. The van der Waals surface area contributed by atoms with Crippen molar-refractivity contribution >= 4 is 28.5 Å². The Labute approximate surface area is 200 Å². The van der Waals surface area contributed by atoms with Gasteiger partial charge in [0.1, 0.15) is 6.54 Å². The molecule has 4 rings (SSSR count). The maximum atomic E-state index is 13.3. The van der Waals surface area contributed by atoms with E-state index in [0.717, 1.165) is 10.2 Å². The van der Waals surface area contributed by atoms with Crippen LogP contribution in [-0.2, 0) is 24.4 Å². The molecule has 2 heterocycles. The Kier molecular flexibility index (Phi) is 6.63. The quantitative estimate of drug-likeness (QED) is 0.375. The molecule has 0 saturated heterocycles. The third kappa shape index (κ3) is 4.77. The molecule has 35 heavy (non-hydrogen) atoms. The molecule has 2 aromatic carbocycles. The van der Waals surface area contributed by atoms with Crippen LogP contribution in [0.4, 0.5) is 0 Å². The average molecular weight is 475 g/mol. The Morgan fingerprint density at radius 1 is 1.11 bits per heavy atom. The molecule has 0 spiro atoms. The second-order valence-electron chi connectivity index (χ2n) is 8.40. The summed E-state index contributed by atoms with van der Waals surface area (Å²) in [6.45, 7) is 7.45. The number of allylic oxidation sites excluding steroid dienone is 1. The molecule has 4 aromatic rings. The predicted octanol–water partition coefficient (Wildman–Crippen LogP) is 1.45. The van der Waals surface area contributed by atoms with Gasteiger partial charge in [0, 0.05) is 24.7 Å². The molecule has 10 heteroatoms. The molecule has 0 aliphatic heterocycles. The summed E-state index contributed by atoms with van der Waals surface area (Å²) in [4.78, 5) is 51.6. The van der Waals surface area contributed by atoms with Gasteiger partial charge in [0.05, 0.1) is 10.9 Å². The van der Waals surface area contributed by atoms with Crippen molar-refractivity contribution in [3.8, 4) is 0 Å². The van der Waals surface area contributed by atoms with Crippen molar-refractivity contribution in [3.05, 3.63) is 93.2 Å². The Bertz CT molecular complexity index is 1550. The fourth-order valence-corrected chi connectivity index (χ4v) is 3.79. The number of nitrogens with one attached hydrogen (secondary N) is 2. The maximum Gasteiger partial charge on any atom is 0.352 e. The Morgan fingerprint density at radius 2 is 1.86 bits per heavy atom. The Hall–Kier alpha value is -4.47. The largest absolute Gasteiger partial charge is 0.352 e. The Morgan fingerprint density at radius 3 is 2.54 bits per heavy atom. The van der Waals surface area contributed by atoms with Crippen LogP contribution in [0.5, 0.6) is 0 Å². The minimum absolute atomic E-state index is 0.0599. The lowest BCUT2D eigenvalue weighted by atomic mass is 10.1. The van der Waals surface area contributed by atoms with E-state index in [1.165, 1.54) is 33.2 Å². The molecular formula is C25H26N6O4. The third-order valence-corrected chi connectivity index (χ3v) is 5.40. The van der Waals surface area contributed by atoms with Crippen molar-refractivity contribution in [1.29, 1.82) is 0 Å². The van der Waals surface area contributed by atoms with Crippen molar-refractivity contribution in [2.75, 3.05) is 0 Å². The molecule has 10 nitrogen and oxygen atoms in total. The van der Waals surface area contributed by atoms with Crippen molar-refractivity contribution in [2.45, 2.75) is 39.5 Å². The van der Waals surface area contributed by atoms with Gasteiger partial charge in [-0.3, -0.25) is 19.0 Å². The molecule has 0 saturated carbocycles. The van der Waals surface area contributed by atoms with Crippen LogP contribution in [-0.4, -0.2) is 36.6 Å². The first-order valence-electron chi connectivity index (χ1n) is 11.2. The SMILES string of the molecule is C=CCn1c(=O)c2ccc(C(=O)NC(C)C)cc2n2c(=O)n(CC(=O)NCc3ccccc3)nc12. The summed E-state index contributed by atoms with van der Waals surface area (Å²) < 4.78 is 3.56. The summed E-state index contributed by atoms with van der Waals surface area (Å²) in [6, 6.07) is 13.8. The molecule has 0 aliphatic rings. The molecule has 0 aliphatic carbocycles. The van der Waals surface area contributed by atoms with Gasteiger partial charge in [-0.25, -0.2) is 13.9 Å². The molecule has 0 unspecified atom stereocenters. The van der Waals surface area contributed by atoms with Gasteiger partial charge in [0.25, 0.3) is 11.5 Å². The highest BCUT2D eigenvalue weighted by Gasteiger charge is 2.20. The van der Waals surface area contributed by atoms with Crippen molar-refractivity contribution < 1.29 is 9.59 Å². The predicted molar refractivity (Wildman–Crippen MR) is 132 cm³/mol. The molecule has 2 aromatic heterocycles. The molecule has 0 atom stereocenters. The highest BCUT2D eigenvalue weighted by Crippen LogP contribution is 2.14. The van der Waals surface area contributed by atoms with Crippen LogP contribution < -0.4 is 21.9 Å². The van der Waals surface area contributed by atoms with Gasteiger partial charge in [0.2, 0.25) is 11.7 Å². The summed E-state index contributed by atoms with van der Waals surface area (Å²) in [5.74, 6) is -0.672. The minimum atomic E-state index is -0.598. The fourth-order valence-electron chi connectivity index (χ4n) is 3.79. The van der Waals surface area contributed by atoms with Gasteiger partial charge in [-0.05, 0) is 37.6 Å². The molecule has 0 fully saturated rings.